The minimum absolute atomic E-state index is 0.0340. The van der Waals surface area contributed by atoms with Crippen LogP contribution in [0.25, 0.3) is 10.6 Å². The molecule has 0 aliphatic rings. The summed E-state index contributed by atoms with van der Waals surface area (Å²) in [7, 11) is 0. The van der Waals surface area contributed by atoms with Gasteiger partial charge in [-0.2, -0.15) is 11.8 Å². The molecule has 2 aromatic heterocycles. The molecular formula is C17H21N3OS2. The van der Waals surface area contributed by atoms with E-state index in [-0.39, 0.29) is 11.8 Å². The molecule has 1 unspecified atom stereocenters. The number of carbonyl (C=O) groups excluding carboxylic acids is 1. The fourth-order valence-electron chi connectivity index (χ4n) is 2.24. The van der Waals surface area contributed by atoms with Gasteiger partial charge in [-0.25, -0.2) is 4.98 Å². The van der Waals surface area contributed by atoms with Crippen molar-refractivity contribution in [3.8, 4) is 10.6 Å². The molecule has 1 amide bonds. The van der Waals surface area contributed by atoms with E-state index in [4.69, 9.17) is 0 Å². The minimum atomic E-state index is -0.0340. The highest BCUT2D eigenvalue weighted by molar-refractivity contribution is 7.98. The Kier molecular flexibility index (Phi) is 6.36. The standard InChI is InChI=1S/C17H21N3OS2/c1-5-9-20(16(21)12(2)11-22-4)17-13(3)19-15(23-17)14-7-6-8-18-10-14/h5-8,10,12H,1,9,11H2,2-4H3. The SMILES string of the molecule is C=CCN(C(=O)C(C)CSC)c1sc(-c2cccnc2)nc1C. The monoisotopic (exact) mass is 347 g/mol. The molecule has 23 heavy (non-hydrogen) atoms. The first-order valence-electron chi connectivity index (χ1n) is 7.37. The third kappa shape index (κ3) is 4.20. The van der Waals surface area contributed by atoms with E-state index in [1.807, 2.05) is 32.2 Å². The van der Waals surface area contributed by atoms with Crippen molar-refractivity contribution in [1.82, 2.24) is 9.97 Å². The number of anilines is 1. The van der Waals surface area contributed by atoms with Crippen LogP contribution < -0.4 is 4.90 Å². The Hall–Kier alpha value is -1.66. The van der Waals surface area contributed by atoms with Crippen LogP contribution in [0.1, 0.15) is 12.6 Å². The number of thiazole rings is 1. The fourth-order valence-corrected chi connectivity index (χ4v) is 3.96. The van der Waals surface area contributed by atoms with E-state index in [1.54, 1.807) is 35.1 Å². The quantitative estimate of drug-likeness (QED) is 0.709. The van der Waals surface area contributed by atoms with Crippen LogP contribution in [0.15, 0.2) is 37.2 Å². The first-order valence-corrected chi connectivity index (χ1v) is 9.58. The van der Waals surface area contributed by atoms with Gasteiger partial charge < -0.3 is 0 Å². The number of amides is 1. The summed E-state index contributed by atoms with van der Waals surface area (Å²) < 4.78 is 0. The van der Waals surface area contributed by atoms with E-state index in [9.17, 15) is 4.79 Å². The predicted molar refractivity (Wildman–Crippen MR) is 100 cm³/mol. The van der Waals surface area contributed by atoms with Crippen molar-refractivity contribution in [2.24, 2.45) is 5.92 Å². The van der Waals surface area contributed by atoms with E-state index in [2.05, 4.69) is 16.5 Å². The van der Waals surface area contributed by atoms with E-state index in [1.165, 1.54) is 11.3 Å². The second-order valence-electron chi connectivity index (χ2n) is 5.25. The predicted octanol–water partition coefficient (Wildman–Crippen LogP) is 4.03. The van der Waals surface area contributed by atoms with Crippen molar-refractivity contribution < 1.29 is 4.79 Å². The largest absolute Gasteiger partial charge is 0.298 e. The Labute approximate surface area is 145 Å². The number of thioether (sulfide) groups is 1. The van der Waals surface area contributed by atoms with Gasteiger partial charge >= 0.3 is 0 Å². The first kappa shape index (κ1) is 17.7. The van der Waals surface area contributed by atoms with Gasteiger partial charge in [-0.05, 0) is 25.3 Å². The highest BCUT2D eigenvalue weighted by Gasteiger charge is 2.24. The molecule has 2 rings (SSSR count). The Balaban J connectivity index is 2.34. The maximum atomic E-state index is 12.8. The van der Waals surface area contributed by atoms with Gasteiger partial charge in [0.05, 0.1) is 5.69 Å². The minimum Gasteiger partial charge on any atom is -0.298 e. The molecule has 0 radical (unpaired) electrons. The average molecular weight is 348 g/mol. The van der Waals surface area contributed by atoms with Gasteiger partial charge in [0.15, 0.2) is 0 Å². The molecule has 0 aromatic carbocycles. The van der Waals surface area contributed by atoms with Crippen LogP contribution in [-0.4, -0.2) is 34.4 Å². The molecule has 0 fully saturated rings. The van der Waals surface area contributed by atoms with Crippen LogP contribution in [0.4, 0.5) is 5.00 Å². The molecular weight excluding hydrogens is 326 g/mol. The zero-order valence-corrected chi connectivity index (χ0v) is 15.3. The Morgan fingerprint density at radius 2 is 2.35 bits per heavy atom. The van der Waals surface area contributed by atoms with Crippen LogP contribution in [0, 0.1) is 12.8 Å². The van der Waals surface area contributed by atoms with Crippen LogP contribution in [-0.2, 0) is 4.79 Å². The van der Waals surface area contributed by atoms with E-state index in [0.717, 1.165) is 27.0 Å². The Morgan fingerprint density at radius 3 is 2.96 bits per heavy atom. The number of hydrogen-bond acceptors (Lipinski definition) is 5. The number of hydrogen-bond donors (Lipinski definition) is 0. The number of aromatic nitrogens is 2. The van der Waals surface area contributed by atoms with Crippen molar-refractivity contribution in [3.05, 3.63) is 42.9 Å². The average Bonchev–Trinajstić information content (AvgIpc) is 2.94. The lowest BCUT2D eigenvalue weighted by molar-refractivity contribution is -0.121. The first-order chi connectivity index (χ1) is 11.1. The number of aryl methyl sites for hydroxylation is 1. The van der Waals surface area contributed by atoms with Crippen LogP contribution >= 0.6 is 23.1 Å². The zero-order valence-electron chi connectivity index (χ0n) is 13.7. The summed E-state index contributed by atoms with van der Waals surface area (Å²) in [5, 5.41) is 1.77. The molecule has 2 heterocycles. The van der Waals surface area contributed by atoms with E-state index >= 15 is 0 Å². The van der Waals surface area contributed by atoms with Crippen LogP contribution in [0.5, 0.6) is 0 Å². The van der Waals surface area contributed by atoms with Gasteiger partial charge in [0, 0.05) is 36.2 Å². The Bertz CT molecular complexity index is 670. The lowest BCUT2D eigenvalue weighted by Crippen LogP contribution is -2.36. The molecule has 2 aromatic rings. The second-order valence-corrected chi connectivity index (χ2v) is 7.13. The maximum Gasteiger partial charge on any atom is 0.231 e. The molecule has 0 spiro atoms. The normalized spacial score (nSPS) is 12.0. The summed E-state index contributed by atoms with van der Waals surface area (Å²) in [6, 6.07) is 3.87. The third-order valence-electron chi connectivity index (χ3n) is 3.34. The molecule has 0 bridgehead atoms. The van der Waals surface area contributed by atoms with E-state index < -0.39 is 0 Å². The highest BCUT2D eigenvalue weighted by atomic mass is 32.2. The summed E-state index contributed by atoms with van der Waals surface area (Å²) in [5.74, 6) is 0.886. The van der Waals surface area contributed by atoms with Crippen LogP contribution in [0.3, 0.4) is 0 Å². The van der Waals surface area contributed by atoms with Gasteiger partial charge in [0.1, 0.15) is 10.0 Å². The van der Waals surface area contributed by atoms with Crippen molar-refractivity contribution in [1.29, 1.82) is 0 Å². The molecule has 0 saturated carbocycles. The number of rotatable bonds is 7. The van der Waals surface area contributed by atoms with Crippen LogP contribution in [0.2, 0.25) is 0 Å². The van der Waals surface area contributed by atoms with Gasteiger partial charge in [0.25, 0.3) is 0 Å². The van der Waals surface area contributed by atoms with Gasteiger partial charge in [-0.3, -0.25) is 14.7 Å². The fraction of sp³-hybridized carbons (Fsp3) is 0.353. The smallest absolute Gasteiger partial charge is 0.231 e. The number of carbonyl (C=O) groups is 1. The lowest BCUT2D eigenvalue weighted by atomic mass is 10.2. The summed E-state index contributed by atoms with van der Waals surface area (Å²) in [5.41, 5.74) is 1.83. The van der Waals surface area contributed by atoms with Crippen molar-refractivity contribution in [2.75, 3.05) is 23.5 Å². The lowest BCUT2D eigenvalue weighted by Gasteiger charge is -2.23. The van der Waals surface area contributed by atoms with Gasteiger partial charge in [0.2, 0.25) is 5.91 Å². The van der Waals surface area contributed by atoms with Crippen molar-refractivity contribution in [3.63, 3.8) is 0 Å². The van der Waals surface area contributed by atoms with Gasteiger partial charge in [-0.15, -0.1) is 6.58 Å². The summed E-state index contributed by atoms with van der Waals surface area (Å²) >= 11 is 3.21. The number of nitrogens with zero attached hydrogens (tertiary/aromatic N) is 3. The molecule has 0 aliphatic heterocycles. The molecule has 0 saturated heterocycles. The summed E-state index contributed by atoms with van der Waals surface area (Å²) in [6.07, 6.45) is 7.30. The molecule has 1 atom stereocenters. The molecule has 0 N–H and O–H groups in total. The Morgan fingerprint density at radius 1 is 1.57 bits per heavy atom. The summed E-state index contributed by atoms with van der Waals surface area (Å²) in [6.45, 7) is 8.18. The molecule has 6 heteroatoms. The topological polar surface area (TPSA) is 46.1 Å². The van der Waals surface area contributed by atoms with Crippen molar-refractivity contribution in [2.45, 2.75) is 13.8 Å². The number of pyridine rings is 1. The van der Waals surface area contributed by atoms with Crippen molar-refractivity contribution >= 4 is 34.0 Å². The molecule has 122 valence electrons. The summed E-state index contributed by atoms with van der Waals surface area (Å²) in [4.78, 5) is 23.3. The third-order valence-corrected chi connectivity index (χ3v) is 5.40. The maximum absolute atomic E-state index is 12.8. The highest BCUT2D eigenvalue weighted by Crippen LogP contribution is 2.34. The van der Waals surface area contributed by atoms with Gasteiger partial charge in [-0.1, -0.05) is 24.3 Å². The molecule has 0 aliphatic carbocycles. The molecule has 4 nitrogen and oxygen atoms in total. The second kappa shape index (κ2) is 8.26. The zero-order chi connectivity index (χ0) is 16.8. The van der Waals surface area contributed by atoms with E-state index in [0.29, 0.717) is 6.54 Å².